The maximum Gasteiger partial charge on any atom is 0.243 e. The zero-order chi connectivity index (χ0) is 21.2. The third kappa shape index (κ3) is 5.10. The Balaban J connectivity index is 1.74. The van der Waals surface area contributed by atoms with Crippen molar-refractivity contribution in [2.45, 2.75) is 31.2 Å². The zero-order valence-corrected chi connectivity index (χ0v) is 17.1. The molecule has 0 bridgehead atoms. The number of amides is 1. The van der Waals surface area contributed by atoms with Crippen LogP contribution in [0.4, 0.5) is 15.8 Å². The summed E-state index contributed by atoms with van der Waals surface area (Å²) in [4.78, 5) is 12.3. The van der Waals surface area contributed by atoms with E-state index in [2.05, 4.69) is 10.0 Å². The van der Waals surface area contributed by atoms with Gasteiger partial charge in [0.15, 0.2) is 0 Å². The highest BCUT2D eigenvalue weighted by Crippen LogP contribution is 2.27. The van der Waals surface area contributed by atoms with Gasteiger partial charge < -0.3 is 20.2 Å². The van der Waals surface area contributed by atoms with Crippen LogP contribution in [-0.2, 0) is 15.8 Å². The summed E-state index contributed by atoms with van der Waals surface area (Å²) in [5.41, 5.74) is 6.05. The Hall–Kier alpha value is -2.97. The summed E-state index contributed by atoms with van der Waals surface area (Å²) in [5.74, 6) is 0.218. The van der Waals surface area contributed by atoms with Crippen molar-refractivity contribution in [3.8, 4) is 11.3 Å². The van der Waals surface area contributed by atoms with Crippen LogP contribution in [0.2, 0.25) is 0 Å². The molecule has 1 amide bonds. The number of carbonyl (C=O) groups is 1. The number of hydrogen-bond donors (Lipinski definition) is 3. The number of rotatable bonds is 6. The molecule has 3 rings (SSSR count). The number of nitrogens with two attached hydrogens (primary N) is 1. The van der Waals surface area contributed by atoms with E-state index in [4.69, 9.17) is 10.2 Å². The van der Waals surface area contributed by atoms with Crippen LogP contribution in [0.25, 0.3) is 11.3 Å². The van der Waals surface area contributed by atoms with Crippen LogP contribution >= 0.6 is 0 Å². The van der Waals surface area contributed by atoms with E-state index in [1.54, 1.807) is 63.2 Å². The predicted octanol–water partition coefficient (Wildman–Crippen LogP) is 4.20. The smallest absolute Gasteiger partial charge is 0.243 e. The highest BCUT2D eigenvalue weighted by Gasteiger charge is 2.21. The van der Waals surface area contributed by atoms with Gasteiger partial charge in [-0.2, -0.15) is 0 Å². The zero-order valence-electron chi connectivity index (χ0n) is 16.3. The number of nitrogens with one attached hydrogen (secondary N) is 2. The number of benzene rings is 2. The maximum absolute atomic E-state index is 14.5. The highest BCUT2D eigenvalue weighted by atomic mass is 32.2. The van der Waals surface area contributed by atoms with Gasteiger partial charge in [0, 0.05) is 11.4 Å². The van der Waals surface area contributed by atoms with Crippen LogP contribution in [0.5, 0.6) is 0 Å². The summed E-state index contributed by atoms with van der Waals surface area (Å²) >= 11 is 0. The van der Waals surface area contributed by atoms with Gasteiger partial charge in [0.25, 0.3) is 0 Å². The molecule has 6 nitrogen and oxygen atoms in total. The van der Waals surface area contributed by atoms with E-state index < -0.39 is 22.3 Å². The SMILES string of the molecule is Cc1ccc(-c2ccc(S(=O)Nc3cccc(NC(=O)C(C)(C)N)c3)cc2F)o1. The monoisotopic (exact) mass is 415 g/mol. The first-order valence-corrected chi connectivity index (χ1v) is 10.0. The minimum Gasteiger partial charge on any atom is -0.461 e. The van der Waals surface area contributed by atoms with Crippen molar-refractivity contribution in [3.05, 3.63) is 66.2 Å². The van der Waals surface area contributed by atoms with E-state index in [9.17, 15) is 13.4 Å². The first kappa shape index (κ1) is 20.8. The van der Waals surface area contributed by atoms with Gasteiger partial charge in [0.05, 0.1) is 16.0 Å². The van der Waals surface area contributed by atoms with Gasteiger partial charge in [-0.25, -0.2) is 8.60 Å². The molecule has 0 saturated carbocycles. The topological polar surface area (TPSA) is 97.4 Å². The molecule has 4 N–H and O–H groups in total. The Labute approximate surface area is 170 Å². The predicted molar refractivity (Wildman–Crippen MR) is 112 cm³/mol. The molecule has 0 radical (unpaired) electrons. The minimum atomic E-state index is -1.70. The van der Waals surface area contributed by atoms with Crippen molar-refractivity contribution in [3.63, 3.8) is 0 Å². The number of hydrogen-bond acceptors (Lipinski definition) is 4. The summed E-state index contributed by atoms with van der Waals surface area (Å²) in [6.07, 6.45) is 0. The lowest BCUT2D eigenvalue weighted by molar-refractivity contribution is -0.120. The molecule has 8 heteroatoms. The molecule has 0 aliphatic rings. The summed E-state index contributed by atoms with van der Waals surface area (Å²) in [7, 11) is -1.70. The van der Waals surface area contributed by atoms with Gasteiger partial charge in [-0.1, -0.05) is 6.07 Å². The van der Waals surface area contributed by atoms with E-state index in [1.807, 2.05) is 0 Å². The summed E-state index contributed by atoms with van der Waals surface area (Å²) in [5, 5.41) is 2.70. The second-order valence-corrected chi connectivity index (χ2v) is 8.39. The largest absolute Gasteiger partial charge is 0.461 e. The Bertz CT molecular complexity index is 1070. The summed E-state index contributed by atoms with van der Waals surface area (Å²) in [6, 6.07) is 14.4. The second-order valence-electron chi connectivity index (χ2n) is 7.18. The van der Waals surface area contributed by atoms with Crippen LogP contribution < -0.4 is 15.8 Å². The van der Waals surface area contributed by atoms with Gasteiger partial charge in [-0.05, 0) is 69.3 Å². The van der Waals surface area contributed by atoms with E-state index >= 15 is 0 Å². The van der Waals surface area contributed by atoms with Crippen molar-refractivity contribution >= 4 is 28.3 Å². The Morgan fingerprint density at radius 3 is 2.45 bits per heavy atom. The molecule has 1 heterocycles. The fourth-order valence-electron chi connectivity index (χ4n) is 2.51. The molecule has 0 aliphatic carbocycles. The van der Waals surface area contributed by atoms with Crippen molar-refractivity contribution in [1.82, 2.24) is 0 Å². The average molecular weight is 415 g/mol. The first-order valence-electron chi connectivity index (χ1n) is 8.89. The quantitative estimate of drug-likeness (QED) is 0.562. The minimum absolute atomic E-state index is 0.270. The van der Waals surface area contributed by atoms with Crippen LogP contribution in [0, 0.1) is 12.7 Å². The highest BCUT2D eigenvalue weighted by molar-refractivity contribution is 7.86. The number of furan rings is 1. The van der Waals surface area contributed by atoms with Crippen molar-refractivity contribution in [2.24, 2.45) is 5.73 Å². The summed E-state index contributed by atoms with van der Waals surface area (Å²) < 4.78 is 35.3. The van der Waals surface area contributed by atoms with Gasteiger partial charge in [-0.3, -0.25) is 4.79 Å². The van der Waals surface area contributed by atoms with Crippen molar-refractivity contribution < 1.29 is 17.8 Å². The first-order chi connectivity index (χ1) is 13.6. The van der Waals surface area contributed by atoms with Crippen LogP contribution in [0.3, 0.4) is 0 Å². The molecule has 29 heavy (non-hydrogen) atoms. The maximum atomic E-state index is 14.5. The lowest BCUT2D eigenvalue weighted by atomic mass is 10.1. The molecule has 3 aromatic rings. The Kier molecular flexibility index (Phi) is 5.86. The van der Waals surface area contributed by atoms with Crippen LogP contribution in [0.1, 0.15) is 19.6 Å². The molecule has 0 fully saturated rings. The Morgan fingerprint density at radius 2 is 1.83 bits per heavy atom. The molecule has 1 aromatic heterocycles. The molecule has 0 saturated heterocycles. The molecule has 2 aromatic carbocycles. The fourth-order valence-corrected chi connectivity index (χ4v) is 3.37. The van der Waals surface area contributed by atoms with E-state index in [0.717, 1.165) is 0 Å². The number of aryl methyl sites for hydroxylation is 1. The molecule has 0 spiro atoms. The van der Waals surface area contributed by atoms with E-state index in [1.165, 1.54) is 12.1 Å². The van der Waals surface area contributed by atoms with Crippen LogP contribution in [0.15, 0.2) is 63.9 Å². The van der Waals surface area contributed by atoms with Gasteiger partial charge in [0.2, 0.25) is 5.91 Å². The van der Waals surface area contributed by atoms with Crippen molar-refractivity contribution in [1.29, 1.82) is 0 Å². The van der Waals surface area contributed by atoms with Gasteiger partial charge >= 0.3 is 0 Å². The van der Waals surface area contributed by atoms with E-state index in [-0.39, 0.29) is 10.8 Å². The van der Waals surface area contributed by atoms with Gasteiger partial charge in [0.1, 0.15) is 28.3 Å². The number of halogens is 1. The molecule has 0 aliphatic heterocycles. The lowest BCUT2D eigenvalue weighted by Gasteiger charge is -2.18. The molecule has 1 atom stereocenters. The Morgan fingerprint density at radius 1 is 1.10 bits per heavy atom. The molecular formula is C21H22FN3O3S. The third-order valence-electron chi connectivity index (χ3n) is 4.08. The normalized spacial score (nSPS) is 12.4. The number of anilines is 2. The van der Waals surface area contributed by atoms with Crippen molar-refractivity contribution in [2.75, 3.05) is 10.0 Å². The molecular weight excluding hydrogens is 393 g/mol. The molecule has 1 unspecified atom stereocenters. The van der Waals surface area contributed by atoms with Crippen LogP contribution in [-0.4, -0.2) is 15.7 Å². The average Bonchev–Trinajstić information content (AvgIpc) is 3.07. The number of carbonyl (C=O) groups excluding carboxylic acids is 1. The standard InChI is InChI=1S/C21H22FN3O3S/c1-13-7-10-19(28-13)17-9-8-16(12-18(17)22)29(27)25-15-6-4-5-14(11-15)24-20(26)21(2,3)23/h4-12,25H,23H2,1-3H3,(H,24,26). The lowest BCUT2D eigenvalue weighted by Crippen LogP contribution is -2.45. The summed E-state index contributed by atoms with van der Waals surface area (Å²) in [6.45, 7) is 4.98. The van der Waals surface area contributed by atoms with E-state index in [0.29, 0.717) is 28.5 Å². The fraction of sp³-hybridized carbons (Fsp3) is 0.190. The van der Waals surface area contributed by atoms with Gasteiger partial charge in [-0.15, -0.1) is 0 Å². The third-order valence-corrected chi connectivity index (χ3v) is 5.18. The second kappa shape index (κ2) is 8.18. The molecule has 152 valence electrons.